The van der Waals surface area contributed by atoms with Crippen LogP contribution in [0.3, 0.4) is 0 Å². The number of rotatable bonds is 4. The second-order valence-electron chi connectivity index (χ2n) is 5.93. The molecule has 1 aliphatic heterocycles. The maximum Gasteiger partial charge on any atom is 0.231 e. The Morgan fingerprint density at radius 2 is 2.04 bits per heavy atom. The molecule has 5 rings (SSSR count). The second-order valence-corrected chi connectivity index (χ2v) is 6.87. The van der Waals surface area contributed by atoms with E-state index in [9.17, 15) is 0 Å². The first-order valence-corrected chi connectivity index (χ1v) is 9.02. The number of imidazole rings is 1. The molecule has 0 unspecified atom stereocenters. The highest BCUT2D eigenvalue weighted by Crippen LogP contribution is 2.38. The summed E-state index contributed by atoms with van der Waals surface area (Å²) in [6.45, 7) is 0.255. The van der Waals surface area contributed by atoms with Crippen molar-refractivity contribution in [2.24, 2.45) is 0 Å². The summed E-state index contributed by atoms with van der Waals surface area (Å²) in [4.78, 5) is 11.5. The van der Waals surface area contributed by atoms with Gasteiger partial charge in [-0.05, 0) is 18.2 Å². The average Bonchev–Trinajstić information content (AvgIpc) is 3.41. The fourth-order valence-corrected chi connectivity index (χ4v) is 3.75. The van der Waals surface area contributed by atoms with Gasteiger partial charge in [-0.25, -0.2) is 9.50 Å². The monoisotopic (exact) mass is 381 g/mol. The fraction of sp³-hybridized carbons (Fsp3) is 0.167. The molecule has 1 aliphatic rings. The lowest BCUT2D eigenvalue weighted by Crippen LogP contribution is -2.09. The minimum absolute atomic E-state index is 0.255. The molecule has 0 radical (unpaired) electrons. The summed E-state index contributed by atoms with van der Waals surface area (Å²) >= 11 is 1.50. The Morgan fingerprint density at radius 1 is 1.15 bits per heavy atom. The van der Waals surface area contributed by atoms with Crippen molar-refractivity contribution in [3.8, 4) is 28.5 Å². The molecule has 8 nitrogen and oxygen atoms in total. The third-order valence-corrected chi connectivity index (χ3v) is 5.35. The van der Waals surface area contributed by atoms with Crippen LogP contribution in [-0.2, 0) is 0 Å². The molecule has 27 heavy (non-hydrogen) atoms. The molecule has 3 aromatic heterocycles. The molecule has 0 atom stereocenters. The van der Waals surface area contributed by atoms with Crippen LogP contribution in [0, 0.1) is 0 Å². The number of benzene rings is 1. The van der Waals surface area contributed by atoms with Crippen LogP contribution in [-0.4, -0.2) is 40.5 Å². The van der Waals surface area contributed by atoms with Crippen molar-refractivity contribution in [2.75, 3.05) is 25.9 Å². The van der Waals surface area contributed by atoms with E-state index in [1.807, 2.05) is 40.7 Å². The van der Waals surface area contributed by atoms with E-state index in [1.165, 1.54) is 11.3 Å². The fourth-order valence-electron chi connectivity index (χ4n) is 2.89. The van der Waals surface area contributed by atoms with Gasteiger partial charge in [0.05, 0.1) is 25.2 Å². The molecule has 0 saturated carbocycles. The predicted molar refractivity (Wildman–Crippen MR) is 101 cm³/mol. The highest BCUT2D eigenvalue weighted by Gasteiger charge is 2.19. The van der Waals surface area contributed by atoms with Gasteiger partial charge in [-0.2, -0.15) is 0 Å². The minimum Gasteiger partial charge on any atom is -0.495 e. The Morgan fingerprint density at radius 3 is 2.93 bits per heavy atom. The summed E-state index contributed by atoms with van der Waals surface area (Å²) < 4.78 is 17.9. The van der Waals surface area contributed by atoms with Gasteiger partial charge in [0.2, 0.25) is 16.9 Å². The third-order valence-electron chi connectivity index (χ3n) is 4.35. The molecule has 9 heteroatoms. The highest BCUT2D eigenvalue weighted by molar-refractivity contribution is 7.20. The second kappa shape index (κ2) is 6.13. The number of anilines is 2. The zero-order valence-corrected chi connectivity index (χ0v) is 15.4. The van der Waals surface area contributed by atoms with E-state index in [2.05, 4.69) is 9.97 Å². The molecule has 0 fully saturated rings. The molecule has 1 aromatic carbocycles. The molecular formula is C18H15N5O3S. The van der Waals surface area contributed by atoms with Gasteiger partial charge in [-0.15, -0.1) is 5.10 Å². The molecule has 0 N–H and O–H groups in total. The summed E-state index contributed by atoms with van der Waals surface area (Å²) in [6, 6.07) is 7.74. The van der Waals surface area contributed by atoms with Gasteiger partial charge in [0.25, 0.3) is 0 Å². The van der Waals surface area contributed by atoms with Crippen molar-refractivity contribution in [3.63, 3.8) is 0 Å². The normalized spacial score (nSPS) is 12.5. The smallest absolute Gasteiger partial charge is 0.231 e. The maximum absolute atomic E-state index is 5.47. The largest absolute Gasteiger partial charge is 0.495 e. The van der Waals surface area contributed by atoms with Gasteiger partial charge in [-0.3, -0.25) is 4.98 Å². The minimum atomic E-state index is 0.255. The van der Waals surface area contributed by atoms with E-state index in [1.54, 1.807) is 25.7 Å². The first kappa shape index (κ1) is 15.9. The molecule has 4 heterocycles. The van der Waals surface area contributed by atoms with Gasteiger partial charge >= 0.3 is 0 Å². The zero-order valence-electron chi connectivity index (χ0n) is 14.6. The lowest BCUT2D eigenvalue weighted by Gasteiger charge is -2.15. The molecule has 0 saturated heterocycles. The molecule has 136 valence electrons. The van der Waals surface area contributed by atoms with Crippen LogP contribution in [0.4, 0.5) is 10.8 Å². The lowest BCUT2D eigenvalue weighted by atomic mass is 10.2. The van der Waals surface area contributed by atoms with Gasteiger partial charge in [0.15, 0.2) is 11.5 Å². The zero-order chi connectivity index (χ0) is 18.4. The van der Waals surface area contributed by atoms with E-state index in [0.29, 0.717) is 5.75 Å². The van der Waals surface area contributed by atoms with Gasteiger partial charge in [-0.1, -0.05) is 11.3 Å². The van der Waals surface area contributed by atoms with Gasteiger partial charge in [0, 0.05) is 30.6 Å². The Kier molecular flexibility index (Phi) is 3.61. The van der Waals surface area contributed by atoms with Crippen LogP contribution in [0.25, 0.3) is 16.2 Å². The number of nitrogens with zero attached hydrogens (tertiary/aromatic N) is 5. The van der Waals surface area contributed by atoms with Crippen LogP contribution in [0.1, 0.15) is 0 Å². The number of ether oxygens (including phenoxy) is 3. The molecule has 0 spiro atoms. The van der Waals surface area contributed by atoms with Gasteiger partial charge in [0.1, 0.15) is 5.75 Å². The molecule has 4 aromatic rings. The number of hydrogen-bond acceptors (Lipinski definition) is 8. The summed E-state index contributed by atoms with van der Waals surface area (Å²) in [5.41, 5.74) is 2.71. The van der Waals surface area contributed by atoms with Crippen molar-refractivity contribution < 1.29 is 14.2 Å². The van der Waals surface area contributed by atoms with E-state index in [4.69, 9.17) is 19.3 Å². The van der Waals surface area contributed by atoms with Crippen LogP contribution in [0.15, 0.2) is 42.9 Å². The van der Waals surface area contributed by atoms with Crippen LogP contribution < -0.4 is 19.1 Å². The Labute approximate surface area is 158 Å². The number of pyridine rings is 1. The summed E-state index contributed by atoms with van der Waals surface area (Å²) in [5.74, 6) is 2.19. The van der Waals surface area contributed by atoms with Crippen LogP contribution in [0.2, 0.25) is 0 Å². The molecular weight excluding hydrogens is 366 g/mol. The standard InChI is InChI=1S/C18H15N5O3S/c1-22(12-3-4-15-16(6-12)26-10-25-15)18-21-23-14(9-20-17(23)27-18)11-5-13(24-2)8-19-7-11/h3-9H,10H2,1-2H3. The maximum atomic E-state index is 5.47. The van der Waals surface area contributed by atoms with E-state index >= 15 is 0 Å². The Hall–Kier alpha value is -3.33. The lowest BCUT2D eigenvalue weighted by molar-refractivity contribution is 0.174. The topological polar surface area (TPSA) is 74.0 Å². The Bertz CT molecular complexity index is 1140. The predicted octanol–water partition coefficient (Wildman–Crippen LogP) is 3.36. The SMILES string of the molecule is COc1cncc(-c2cnc3sc(N(C)c4ccc5c(c4)OCO5)nn23)c1. The van der Waals surface area contributed by atoms with Crippen molar-refractivity contribution in [2.45, 2.75) is 0 Å². The number of fused-ring (bicyclic) bond motifs is 2. The first-order chi connectivity index (χ1) is 13.2. The van der Waals surface area contributed by atoms with Crippen molar-refractivity contribution in [3.05, 3.63) is 42.9 Å². The Balaban J connectivity index is 1.52. The molecule has 0 amide bonds. The molecule has 0 bridgehead atoms. The highest BCUT2D eigenvalue weighted by atomic mass is 32.1. The van der Waals surface area contributed by atoms with Crippen molar-refractivity contribution in [1.29, 1.82) is 0 Å². The molecule has 0 aliphatic carbocycles. The van der Waals surface area contributed by atoms with Gasteiger partial charge < -0.3 is 19.1 Å². The number of hydrogen-bond donors (Lipinski definition) is 0. The van der Waals surface area contributed by atoms with E-state index in [-0.39, 0.29) is 6.79 Å². The van der Waals surface area contributed by atoms with Crippen molar-refractivity contribution in [1.82, 2.24) is 19.6 Å². The summed E-state index contributed by atoms with van der Waals surface area (Å²) in [6.07, 6.45) is 5.23. The quantitative estimate of drug-likeness (QED) is 0.537. The van der Waals surface area contributed by atoms with E-state index in [0.717, 1.165) is 38.5 Å². The van der Waals surface area contributed by atoms with Crippen LogP contribution >= 0.6 is 11.3 Å². The van der Waals surface area contributed by atoms with Crippen molar-refractivity contribution >= 4 is 27.1 Å². The van der Waals surface area contributed by atoms with E-state index < -0.39 is 0 Å². The third kappa shape index (κ3) is 2.63. The number of aromatic nitrogens is 4. The average molecular weight is 381 g/mol. The summed E-state index contributed by atoms with van der Waals surface area (Å²) in [7, 11) is 3.58. The van der Waals surface area contributed by atoms with Crippen LogP contribution in [0.5, 0.6) is 17.2 Å². The number of methoxy groups -OCH3 is 1. The summed E-state index contributed by atoms with van der Waals surface area (Å²) in [5, 5.41) is 5.55. The first-order valence-electron chi connectivity index (χ1n) is 8.20.